The molecule has 0 nitrogen and oxygen atoms in total. The molecule has 0 aliphatic carbocycles. The maximum Gasteiger partial charge on any atom is 0.00876 e. The smallest absolute Gasteiger partial charge is 0.00876 e. The van der Waals surface area contributed by atoms with Crippen molar-refractivity contribution >= 4 is 23.1 Å². The van der Waals surface area contributed by atoms with Crippen molar-refractivity contribution in [3.63, 3.8) is 0 Å². The van der Waals surface area contributed by atoms with Crippen molar-refractivity contribution in [3.05, 3.63) is 33.9 Å². The van der Waals surface area contributed by atoms with Gasteiger partial charge in [0.15, 0.2) is 0 Å². The van der Waals surface area contributed by atoms with Crippen LogP contribution in [-0.4, -0.2) is 5.75 Å². The third-order valence-electron chi connectivity index (χ3n) is 1.86. The lowest BCUT2D eigenvalue weighted by Gasteiger charge is -2.14. The monoisotopic (exact) mass is 182 g/mol. The molecule has 0 fully saturated rings. The molecule has 2 heteroatoms. The van der Waals surface area contributed by atoms with Gasteiger partial charge in [0.2, 0.25) is 0 Å². The summed E-state index contributed by atoms with van der Waals surface area (Å²) in [5.41, 5.74) is 0. The summed E-state index contributed by atoms with van der Waals surface area (Å²) in [7, 11) is 0. The van der Waals surface area contributed by atoms with Crippen LogP contribution in [0, 0.1) is 0 Å². The quantitative estimate of drug-likeness (QED) is 0.640. The van der Waals surface area contributed by atoms with Crippen molar-refractivity contribution in [2.75, 3.05) is 5.75 Å². The third kappa shape index (κ3) is 1.68. The highest BCUT2D eigenvalue weighted by Gasteiger charge is 2.12. The number of rotatable bonds is 1. The molecule has 58 valence electrons. The molecule has 1 unspecified atom stereocenters. The van der Waals surface area contributed by atoms with Gasteiger partial charge in [-0.2, -0.15) is 0 Å². The van der Waals surface area contributed by atoms with Crippen LogP contribution in [0.3, 0.4) is 0 Å². The highest BCUT2D eigenvalue weighted by atomic mass is 32.2. The van der Waals surface area contributed by atoms with Gasteiger partial charge in [-0.15, -0.1) is 23.1 Å². The standard InChI is InChI=1S/C9H10S2/c1-3-8(7-10-5-1)9-4-2-6-11-9/h1-2,4-6,8H,3,7H2. The second-order valence-corrected chi connectivity index (χ2v) is 4.57. The summed E-state index contributed by atoms with van der Waals surface area (Å²) < 4.78 is 0. The fourth-order valence-electron chi connectivity index (χ4n) is 1.25. The van der Waals surface area contributed by atoms with Crippen molar-refractivity contribution in [2.24, 2.45) is 0 Å². The molecule has 0 spiro atoms. The maximum atomic E-state index is 2.28. The third-order valence-corrected chi connectivity index (χ3v) is 3.87. The van der Waals surface area contributed by atoms with Crippen molar-refractivity contribution in [1.29, 1.82) is 0 Å². The number of thioether (sulfide) groups is 1. The Kier molecular flexibility index (Phi) is 2.34. The van der Waals surface area contributed by atoms with Gasteiger partial charge in [0.1, 0.15) is 0 Å². The largest absolute Gasteiger partial charge is 0.149 e. The number of hydrogen-bond donors (Lipinski definition) is 0. The van der Waals surface area contributed by atoms with Crippen molar-refractivity contribution in [3.8, 4) is 0 Å². The first kappa shape index (κ1) is 7.44. The summed E-state index contributed by atoms with van der Waals surface area (Å²) in [5.74, 6) is 2.04. The number of thiophene rings is 1. The van der Waals surface area contributed by atoms with E-state index in [2.05, 4.69) is 29.0 Å². The maximum absolute atomic E-state index is 2.28. The molecule has 1 aliphatic rings. The Morgan fingerprint density at radius 3 is 3.09 bits per heavy atom. The average molecular weight is 182 g/mol. The molecule has 1 aliphatic heterocycles. The first-order chi connectivity index (χ1) is 5.47. The van der Waals surface area contributed by atoms with Crippen LogP contribution in [0.15, 0.2) is 29.0 Å². The number of allylic oxidation sites excluding steroid dienone is 1. The minimum absolute atomic E-state index is 0.782. The zero-order valence-electron chi connectivity index (χ0n) is 6.19. The van der Waals surface area contributed by atoms with Crippen LogP contribution in [0.1, 0.15) is 17.2 Å². The molecular formula is C9H10S2. The summed E-state index contributed by atoms with van der Waals surface area (Å²) in [6.07, 6.45) is 3.51. The van der Waals surface area contributed by atoms with Gasteiger partial charge in [0.05, 0.1) is 0 Å². The summed E-state index contributed by atoms with van der Waals surface area (Å²) >= 11 is 3.81. The van der Waals surface area contributed by atoms with Crippen LogP contribution in [-0.2, 0) is 0 Å². The molecule has 0 saturated heterocycles. The van der Waals surface area contributed by atoms with E-state index in [1.54, 1.807) is 4.88 Å². The SMILES string of the molecule is C1=CSCC(c2cccs2)C1. The van der Waals surface area contributed by atoms with E-state index in [0.717, 1.165) is 5.92 Å². The van der Waals surface area contributed by atoms with Gasteiger partial charge in [-0.25, -0.2) is 0 Å². The second-order valence-electron chi connectivity index (χ2n) is 2.65. The lowest BCUT2D eigenvalue weighted by Crippen LogP contribution is -2.00. The molecule has 0 aromatic carbocycles. The van der Waals surface area contributed by atoms with Gasteiger partial charge < -0.3 is 0 Å². The van der Waals surface area contributed by atoms with Crippen LogP contribution in [0.2, 0.25) is 0 Å². The van der Waals surface area contributed by atoms with Gasteiger partial charge in [-0.05, 0) is 23.3 Å². The number of hydrogen-bond acceptors (Lipinski definition) is 2. The van der Waals surface area contributed by atoms with E-state index in [9.17, 15) is 0 Å². The summed E-state index contributed by atoms with van der Waals surface area (Å²) in [6.45, 7) is 0. The average Bonchev–Trinajstić information content (AvgIpc) is 2.58. The predicted molar refractivity (Wildman–Crippen MR) is 53.3 cm³/mol. The molecule has 11 heavy (non-hydrogen) atoms. The molecule has 0 amide bonds. The van der Waals surface area contributed by atoms with E-state index in [1.807, 2.05) is 23.1 Å². The molecule has 1 atom stereocenters. The summed E-state index contributed by atoms with van der Waals surface area (Å²) in [4.78, 5) is 1.54. The lowest BCUT2D eigenvalue weighted by molar-refractivity contribution is 0.806. The first-order valence-corrected chi connectivity index (χ1v) is 5.69. The van der Waals surface area contributed by atoms with Crippen LogP contribution in [0.25, 0.3) is 0 Å². The first-order valence-electron chi connectivity index (χ1n) is 3.77. The van der Waals surface area contributed by atoms with E-state index < -0.39 is 0 Å². The van der Waals surface area contributed by atoms with Crippen LogP contribution in [0.4, 0.5) is 0 Å². The molecule has 0 saturated carbocycles. The van der Waals surface area contributed by atoms with Crippen molar-refractivity contribution in [1.82, 2.24) is 0 Å². The molecule has 0 N–H and O–H groups in total. The van der Waals surface area contributed by atoms with E-state index in [4.69, 9.17) is 0 Å². The second kappa shape index (κ2) is 3.46. The van der Waals surface area contributed by atoms with Gasteiger partial charge >= 0.3 is 0 Å². The Balaban J connectivity index is 2.11. The van der Waals surface area contributed by atoms with Gasteiger partial charge in [0.25, 0.3) is 0 Å². The van der Waals surface area contributed by atoms with Gasteiger partial charge in [-0.3, -0.25) is 0 Å². The fraction of sp³-hybridized carbons (Fsp3) is 0.333. The Labute approximate surface area is 75.3 Å². The molecule has 1 aromatic rings. The van der Waals surface area contributed by atoms with Crippen LogP contribution >= 0.6 is 23.1 Å². The molecule has 2 rings (SSSR count). The highest BCUT2D eigenvalue weighted by Crippen LogP contribution is 2.31. The van der Waals surface area contributed by atoms with Crippen LogP contribution in [0.5, 0.6) is 0 Å². The Hall–Kier alpha value is -0.210. The van der Waals surface area contributed by atoms with Gasteiger partial charge in [-0.1, -0.05) is 12.1 Å². The minimum atomic E-state index is 0.782. The molecule has 1 aromatic heterocycles. The molecule has 0 bridgehead atoms. The summed E-state index contributed by atoms with van der Waals surface area (Å²) in [5, 5.41) is 4.38. The molecular weight excluding hydrogens is 172 g/mol. The fourth-order valence-corrected chi connectivity index (χ4v) is 3.10. The van der Waals surface area contributed by atoms with Gasteiger partial charge in [0, 0.05) is 16.5 Å². The van der Waals surface area contributed by atoms with E-state index in [0.29, 0.717) is 0 Å². The summed E-state index contributed by atoms with van der Waals surface area (Å²) in [6, 6.07) is 4.39. The zero-order valence-corrected chi connectivity index (χ0v) is 7.83. The Morgan fingerprint density at radius 2 is 2.45 bits per heavy atom. The van der Waals surface area contributed by atoms with E-state index in [-0.39, 0.29) is 0 Å². The molecule has 2 heterocycles. The highest BCUT2D eigenvalue weighted by molar-refractivity contribution is 8.02. The van der Waals surface area contributed by atoms with Crippen molar-refractivity contribution in [2.45, 2.75) is 12.3 Å². The van der Waals surface area contributed by atoms with Crippen molar-refractivity contribution < 1.29 is 0 Å². The Bertz CT molecular complexity index is 236. The van der Waals surface area contributed by atoms with E-state index in [1.165, 1.54) is 12.2 Å². The normalized spacial score (nSPS) is 23.8. The lowest BCUT2D eigenvalue weighted by atomic mass is 10.1. The topological polar surface area (TPSA) is 0 Å². The zero-order chi connectivity index (χ0) is 7.52. The minimum Gasteiger partial charge on any atom is -0.149 e. The molecule has 0 radical (unpaired) electrons. The van der Waals surface area contributed by atoms with Crippen LogP contribution < -0.4 is 0 Å². The predicted octanol–water partition coefficient (Wildman–Crippen LogP) is 3.48. The Morgan fingerprint density at radius 1 is 1.45 bits per heavy atom. The van der Waals surface area contributed by atoms with E-state index >= 15 is 0 Å².